The monoisotopic (exact) mass is 1930 g/mol. The molecule has 10 aromatic carbocycles. The highest BCUT2D eigenvalue weighted by atomic mass is 35.5. The molecule has 0 saturated heterocycles. The molecule has 0 aliphatic heterocycles. The predicted octanol–water partition coefficient (Wildman–Crippen LogP) is 24.7. The van der Waals surface area contributed by atoms with E-state index in [1.165, 1.54) is 170 Å². The minimum absolute atomic E-state index is 0.0680. The van der Waals surface area contributed by atoms with Crippen LogP contribution in [0.3, 0.4) is 0 Å². The van der Waals surface area contributed by atoms with Crippen molar-refractivity contribution in [3.8, 4) is 120 Å². The molecule has 688 valence electrons. The molecule has 0 radical (unpaired) electrons. The molecule has 0 N–H and O–H groups in total. The van der Waals surface area contributed by atoms with E-state index in [9.17, 15) is 76.7 Å². The van der Waals surface area contributed by atoms with Crippen molar-refractivity contribution in [3.63, 3.8) is 0 Å². The molecule has 10 aromatic heterocycles. The number of hydrogen-bond donors (Lipinski definition) is 0. The average Bonchev–Trinajstić information content (AvgIpc) is 0.784. The van der Waals surface area contributed by atoms with Crippen molar-refractivity contribution in [3.05, 3.63) is 464 Å². The van der Waals surface area contributed by atoms with Crippen molar-refractivity contribution in [1.82, 2.24) is 48.1 Å². The third-order valence-corrected chi connectivity index (χ3v) is 21.2. The van der Waals surface area contributed by atoms with Crippen LogP contribution < -0.4 is 55.6 Å². The first-order valence-corrected chi connectivity index (χ1v) is 41.8. The first kappa shape index (κ1) is 94.0. The number of para-hydroxylation sites is 3. The summed E-state index contributed by atoms with van der Waals surface area (Å²) in [6.45, 7) is 1.94. The van der Waals surface area contributed by atoms with E-state index in [0.29, 0.717) is 49.9 Å². The standard InChI is InChI=1S/C21H14F2N2O3.C21H14F2N2O2.C20H10Cl2F2N2O2.C20H11ClF2N2O2.C20H10F4N2O2/c1-27-17-7-2-3-8-18(17)28-19-10-9-15-21(16(26)11-12-25(15)24-19)20-13(22)5-4-6-14(20)23;1-13-4-2-5-14(12-13)27-19-9-8-17-21(18(26)10-11-25(17)24-19)20-15(22)6-3-7-16(20)23;21-11-4-6-17(12(22)10-11)28-18-7-5-15-20(16(27)8-9-26(15)25-18)19-13(23)2-1-3-14(19)24;21-12-4-1-2-7-17(12)27-18-9-8-15-20(16(26)10-11-25(15)24-18)19-13(22)5-3-6-14(19)23;21-11-4-6-17(14(24)10-11)28-18-7-5-15-20(16(27)8-9-26(15)25-18)19-12(22)2-1-3-13(19)23/h2-12H,1H3;2-12H,1H3;1-10H;1-11H;1-10H. The Morgan fingerprint density at radius 1 is 0.239 bits per heavy atom. The summed E-state index contributed by atoms with van der Waals surface area (Å²) in [7, 11) is 1.52. The summed E-state index contributed by atoms with van der Waals surface area (Å²) in [6, 6.07) is 66.7. The molecule has 21 nitrogen and oxygen atoms in total. The second-order valence-electron chi connectivity index (χ2n) is 29.3. The molecule has 0 unspecified atom stereocenters. The molecule has 10 heterocycles. The molecule has 0 amide bonds. The predicted molar refractivity (Wildman–Crippen MR) is 493 cm³/mol. The highest BCUT2D eigenvalue weighted by molar-refractivity contribution is 6.35. The molecule has 0 bridgehead atoms. The van der Waals surface area contributed by atoms with Crippen LogP contribution in [0.5, 0.6) is 63.9 Å². The Morgan fingerprint density at radius 3 is 0.833 bits per heavy atom. The average molecular weight is 1930 g/mol. The Kier molecular flexibility index (Phi) is 28.0. The number of aryl methyl sites for hydroxylation is 1. The number of hydrogen-bond acceptors (Lipinski definition) is 16. The topological polar surface area (TPSA) is 227 Å². The van der Waals surface area contributed by atoms with Crippen molar-refractivity contribution in [2.24, 2.45) is 0 Å². The molecule has 0 aliphatic carbocycles. The van der Waals surface area contributed by atoms with Gasteiger partial charge in [0.2, 0.25) is 29.4 Å². The highest BCUT2D eigenvalue weighted by Gasteiger charge is 2.26. The third kappa shape index (κ3) is 20.6. The zero-order valence-corrected chi connectivity index (χ0v) is 73.0. The van der Waals surface area contributed by atoms with Crippen LogP contribution in [0.1, 0.15) is 5.56 Å². The van der Waals surface area contributed by atoms with E-state index in [0.717, 1.165) is 84.4 Å². The van der Waals surface area contributed by atoms with E-state index >= 15 is 0 Å². The van der Waals surface area contributed by atoms with Crippen LogP contribution in [0.4, 0.5) is 52.7 Å². The summed E-state index contributed by atoms with van der Waals surface area (Å²) in [5.74, 6) is -7.12. The Morgan fingerprint density at radius 2 is 0.522 bits per heavy atom. The Hall–Kier alpha value is -17.2. The zero-order chi connectivity index (χ0) is 97.3. The van der Waals surface area contributed by atoms with Crippen molar-refractivity contribution in [2.45, 2.75) is 6.92 Å². The zero-order valence-electron chi connectivity index (χ0n) is 70.7. The summed E-state index contributed by atoms with van der Waals surface area (Å²) >= 11 is 18.0. The molecule has 20 rings (SSSR count). The molecule has 0 fully saturated rings. The molecule has 0 aliphatic rings. The van der Waals surface area contributed by atoms with E-state index in [-0.39, 0.29) is 107 Å². The fraction of sp³-hybridized carbons (Fsp3) is 0.0196. The smallest absolute Gasteiger partial charge is 0.237 e. The maximum atomic E-state index is 14.2. The molecule has 36 heteroatoms. The second kappa shape index (κ2) is 41.1. The molecule has 0 saturated carbocycles. The van der Waals surface area contributed by atoms with E-state index in [4.69, 9.17) is 63.2 Å². The van der Waals surface area contributed by atoms with Gasteiger partial charge in [-0.1, -0.05) is 102 Å². The van der Waals surface area contributed by atoms with Crippen LogP contribution in [0.2, 0.25) is 15.1 Å². The van der Waals surface area contributed by atoms with Gasteiger partial charge in [0.05, 0.1) is 100 Å². The van der Waals surface area contributed by atoms with Gasteiger partial charge in [-0.05, 0) is 170 Å². The van der Waals surface area contributed by atoms with Gasteiger partial charge in [-0.15, -0.1) is 25.5 Å². The van der Waals surface area contributed by atoms with Crippen LogP contribution in [0, 0.1) is 76.7 Å². The summed E-state index contributed by atoms with van der Waals surface area (Å²) in [5.41, 5.74) is -3.08. The second-order valence-corrected chi connectivity index (χ2v) is 30.6. The number of aromatic nitrogens is 10. The maximum Gasteiger partial charge on any atom is 0.237 e. The van der Waals surface area contributed by atoms with Gasteiger partial charge in [-0.2, -0.15) is 0 Å². The SMILES string of the molecule is COc1ccccc1Oc1ccc2c(-c3c(F)cccc3F)c(=O)ccn2n1.Cc1cccc(Oc2ccc3c(-c4c(F)cccc4F)c(=O)ccn3n2)c1.O=c1ccn2nc(Oc3ccc(Cl)cc3Cl)ccc2c1-c1c(F)cccc1F.O=c1ccn2nc(Oc3ccc(F)cc3F)ccc2c1-c1c(F)cccc1F.O=c1ccn2nc(Oc3ccccc3Cl)ccc2c1-c1c(F)cccc1F. The Balaban J connectivity index is 0.000000125. The van der Waals surface area contributed by atoms with E-state index in [2.05, 4.69) is 25.5 Å². The lowest BCUT2D eigenvalue weighted by Gasteiger charge is -2.12. The van der Waals surface area contributed by atoms with Crippen molar-refractivity contribution < 1.29 is 81.1 Å². The van der Waals surface area contributed by atoms with E-state index in [1.807, 2.05) is 25.1 Å². The van der Waals surface area contributed by atoms with Crippen LogP contribution in [0.25, 0.3) is 83.2 Å². The molecule has 0 spiro atoms. The van der Waals surface area contributed by atoms with Crippen LogP contribution >= 0.6 is 34.8 Å². The van der Waals surface area contributed by atoms with Crippen molar-refractivity contribution >= 4 is 62.4 Å². The summed E-state index contributed by atoms with van der Waals surface area (Å²) < 4.78 is 209. The Labute approximate surface area is 784 Å². The van der Waals surface area contributed by atoms with Gasteiger partial charge in [-0.3, -0.25) is 24.0 Å². The lowest BCUT2D eigenvalue weighted by molar-refractivity contribution is 0.372. The first-order valence-electron chi connectivity index (χ1n) is 40.6. The number of pyridine rings is 5. The maximum absolute atomic E-state index is 14.2. The Bertz CT molecular complexity index is 8200. The first-order chi connectivity index (χ1) is 66.5. The van der Waals surface area contributed by atoms with Gasteiger partial charge in [0.15, 0.2) is 50.2 Å². The molecule has 0 atom stereocenters. The molecule has 20 aromatic rings. The lowest BCUT2D eigenvalue weighted by atomic mass is 10.0. The summed E-state index contributed by atoms with van der Waals surface area (Å²) in [5, 5.41) is 22.3. The minimum atomic E-state index is -0.920. The molecule has 138 heavy (non-hydrogen) atoms. The van der Waals surface area contributed by atoms with Gasteiger partial charge in [0.1, 0.15) is 81.2 Å². The van der Waals surface area contributed by atoms with Gasteiger partial charge in [-0.25, -0.2) is 75.3 Å². The quantitative estimate of drug-likeness (QED) is 0.0819. The van der Waals surface area contributed by atoms with E-state index in [1.54, 1.807) is 78.9 Å². The number of nitrogens with zero attached hydrogens (tertiary/aromatic N) is 10. The number of rotatable bonds is 16. The fourth-order valence-electron chi connectivity index (χ4n) is 14.2. The minimum Gasteiger partial charge on any atom is -0.493 e. The normalized spacial score (nSPS) is 10.9. The lowest BCUT2D eigenvalue weighted by Crippen LogP contribution is -2.11. The van der Waals surface area contributed by atoms with Crippen molar-refractivity contribution in [2.75, 3.05) is 7.11 Å². The van der Waals surface area contributed by atoms with Crippen LogP contribution in [-0.2, 0) is 0 Å². The number of halogens is 15. The molecular weight excluding hydrogens is 1880 g/mol. The van der Waals surface area contributed by atoms with Gasteiger partial charge in [0.25, 0.3) is 0 Å². The van der Waals surface area contributed by atoms with Crippen LogP contribution in [-0.4, -0.2) is 55.2 Å². The number of methoxy groups -OCH3 is 1. The number of benzene rings is 10. The van der Waals surface area contributed by atoms with Gasteiger partial charge in [0, 0.05) is 103 Å². The molecular formula is C102H59Cl3F12N10O11. The summed E-state index contributed by atoms with van der Waals surface area (Å²) in [6.07, 6.45) is 6.92. The highest BCUT2D eigenvalue weighted by Crippen LogP contribution is 2.39. The van der Waals surface area contributed by atoms with Gasteiger partial charge >= 0.3 is 0 Å². The fourth-order valence-corrected chi connectivity index (χ4v) is 14.8. The van der Waals surface area contributed by atoms with E-state index < -0.39 is 108 Å². The summed E-state index contributed by atoms with van der Waals surface area (Å²) in [4.78, 5) is 61.7. The van der Waals surface area contributed by atoms with Crippen molar-refractivity contribution in [1.29, 1.82) is 0 Å². The van der Waals surface area contributed by atoms with Gasteiger partial charge < -0.3 is 28.4 Å². The number of ether oxygens (including phenoxy) is 6. The largest absolute Gasteiger partial charge is 0.493 e. The van der Waals surface area contributed by atoms with Crippen LogP contribution in [0.15, 0.2) is 346 Å². The number of fused-ring (bicyclic) bond motifs is 5. The third-order valence-electron chi connectivity index (χ3n) is 20.4.